The number of rotatable bonds is 2. The van der Waals surface area contributed by atoms with Gasteiger partial charge in [-0.2, -0.15) is 0 Å². The highest BCUT2D eigenvalue weighted by Gasteiger charge is 2.19. The molecule has 2 aromatic rings. The number of carbonyl (C=O) groups is 1. The predicted octanol–water partition coefficient (Wildman–Crippen LogP) is 4.65. The molecule has 0 bridgehead atoms. The van der Waals surface area contributed by atoms with E-state index in [9.17, 15) is 4.79 Å². The SMILES string of the molecule is O=C(/C=C/c1ccc(Cl)c(Cl)c1)N1CCc2sccc2C1. The van der Waals surface area contributed by atoms with E-state index in [4.69, 9.17) is 23.2 Å². The normalized spacial score (nSPS) is 14.5. The number of hydrogen-bond donors (Lipinski definition) is 0. The minimum absolute atomic E-state index is 0.0259. The molecule has 0 saturated carbocycles. The maximum absolute atomic E-state index is 12.2. The van der Waals surface area contributed by atoms with Crippen LogP contribution in [-0.4, -0.2) is 17.4 Å². The second-order valence-electron chi connectivity index (χ2n) is 4.89. The van der Waals surface area contributed by atoms with Crippen LogP contribution in [-0.2, 0) is 17.8 Å². The number of hydrogen-bond acceptors (Lipinski definition) is 2. The molecule has 0 saturated heterocycles. The van der Waals surface area contributed by atoms with Gasteiger partial charge in [0.2, 0.25) is 5.91 Å². The summed E-state index contributed by atoms with van der Waals surface area (Å²) >= 11 is 13.6. The smallest absolute Gasteiger partial charge is 0.246 e. The number of halogens is 2. The first kappa shape index (κ1) is 14.6. The molecule has 1 aliphatic heterocycles. The van der Waals surface area contributed by atoms with Gasteiger partial charge in [0.1, 0.15) is 0 Å². The van der Waals surface area contributed by atoms with Gasteiger partial charge in [0, 0.05) is 24.0 Å². The maximum Gasteiger partial charge on any atom is 0.246 e. The lowest BCUT2D eigenvalue weighted by Crippen LogP contribution is -2.34. The van der Waals surface area contributed by atoms with E-state index in [-0.39, 0.29) is 5.91 Å². The molecule has 1 aliphatic rings. The quantitative estimate of drug-likeness (QED) is 0.730. The Morgan fingerprint density at radius 2 is 2.10 bits per heavy atom. The van der Waals surface area contributed by atoms with Crippen molar-refractivity contribution in [2.45, 2.75) is 13.0 Å². The lowest BCUT2D eigenvalue weighted by Gasteiger charge is -2.25. The molecule has 2 heterocycles. The molecular formula is C16H13Cl2NOS. The Balaban J connectivity index is 1.69. The van der Waals surface area contributed by atoms with E-state index in [0.29, 0.717) is 16.6 Å². The summed E-state index contributed by atoms with van der Waals surface area (Å²) in [5.74, 6) is 0.0259. The molecule has 0 aliphatic carbocycles. The third kappa shape index (κ3) is 3.31. The van der Waals surface area contributed by atoms with Gasteiger partial charge >= 0.3 is 0 Å². The molecular weight excluding hydrogens is 325 g/mol. The lowest BCUT2D eigenvalue weighted by atomic mass is 10.1. The van der Waals surface area contributed by atoms with E-state index >= 15 is 0 Å². The zero-order valence-corrected chi connectivity index (χ0v) is 13.5. The molecule has 0 radical (unpaired) electrons. The monoisotopic (exact) mass is 337 g/mol. The van der Waals surface area contributed by atoms with E-state index in [1.54, 1.807) is 35.6 Å². The standard InChI is InChI=1S/C16H13Cl2NOS/c17-13-3-1-11(9-14(13)18)2-4-16(20)19-7-5-15-12(10-19)6-8-21-15/h1-4,6,8-9H,5,7,10H2/b4-2+. The average molecular weight is 338 g/mol. The molecule has 1 amide bonds. The zero-order chi connectivity index (χ0) is 14.8. The van der Waals surface area contributed by atoms with Crippen LogP contribution in [0.3, 0.4) is 0 Å². The first-order valence-electron chi connectivity index (χ1n) is 6.61. The topological polar surface area (TPSA) is 20.3 Å². The van der Waals surface area contributed by atoms with Crippen LogP contribution in [0.25, 0.3) is 6.08 Å². The Morgan fingerprint density at radius 1 is 1.24 bits per heavy atom. The van der Waals surface area contributed by atoms with Crippen LogP contribution >= 0.6 is 34.5 Å². The maximum atomic E-state index is 12.2. The van der Waals surface area contributed by atoms with Crippen LogP contribution in [0.5, 0.6) is 0 Å². The largest absolute Gasteiger partial charge is 0.334 e. The molecule has 3 rings (SSSR count). The van der Waals surface area contributed by atoms with Gasteiger partial charge in [0.05, 0.1) is 10.0 Å². The van der Waals surface area contributed by atoms with E-state index in [0.717, 1.165) is 18.5 Å². The van der Waals surface area contributed by atoms with Crippen LogP contribution in [0.15, 0.2) is 35.7 Å². The van der Waals surface area contributed by atoms with Gasteiger partial charge < -0.3 is 4.90 Å². The Hall–Kier alpha value is -1.29. The lowest BCUT2D eigenvalue weighted by molar-refractivity contribution is -0.126. The number of nitrogens with zero attached hydrogens (tertiary/aromatic N) is 1. The van der Waals surface area contributed by atoms with Gasteiger partial charge in [-0.3, -0.25) is 4.79 Å². The fraction of sp³-hybridized carbons (Fsp3) is 0.188. The van der Waals surface area contributed by atoms with Crippen molar-refractivity contribution in [1.29, 1.82) is 0 Å². The summed E-state index contributed by atoms with van der Waals surface area (Å²) in [5.41, 5.74) is 2.13. The van der Waals surface area contributed by atoms with Gasteiger partial charge in [-0.05, 0) is 47.2 Å². The van der Waals surface area contributed by atoms with Crippen LogP contribution in [0.2, 0.25) is 10.0 Å². The van der Waals surface area contributed by atoms with E-state index in [2.05, 4.69) is 11.4 Å². The van der Waals surface area contributed by atoms with Gasteiger partial charge in [0.15, 0.2) is 0 Å². The van der Waals surface area contributed by atoms with Crippen LogP contribution in [0.1, 0.15) is 16.0 Å². The Morgan fingerprint density at radius 3 is 2.90 bits per heavy atom. The molecule has 1 aromatic heterocycles. The van der Waals surface area contributed by atoms with Crippen molar-refractivity contribution in [3.05, 3.63) is 61.8 Å². The summed E-state index contributed by atoms with van der Waals surface area (Å²) in [6.45, 7) is 1.47. The van der Waals surface area contributed by atoms with Crippen molar-refractivity contribution in [3.8, 4) is 0 Å². The van der Waals surface area contributed by atoms with E-state index < -0.39 is 0 Å². The third-order valence-corrected chi connectivity index (χ3v) is 5.24. The van der Waals surface area contributed by atoms with Crippen molar-refractivity contribution in [2.24, 2.45) is 0 Å². The van der Waals surface area contributed by atoms with Crippen LogP contribution < -0.4 is 0 Å². The molecule has 0 fully saturated rings. The van der Waals surface area contributed by atoms with E-state index in [1.165, 1.54) is 10.4 Å². The summed E-state index contributed by atoms with van der Waals surface area (Å²) < 4.78 is 0. The van der Waals surface area contributed by atoms with Crippen molar-refractivity contribution in [3.63, 3.8) is 0 Å². The Bertz CT molecular complexity index is 708. The Kier molecular flexibility index (Phi) is 4.34. The molecule has 0 N–H and O–H groups in total. The molecule has 1 aromatic carbocycles. The first-order valence-corrected chi connectivity index (χ1v) is 8.24. The van der Waals surface area contributed by atoms with Crippen LogP contribution in [0, 0.1) is 0 Å². The van der Waals surface area contributed by atoms with Gasteiger partial charge in [-0.25, -0.2) is 0 Å². The third-order valence-electron chi connectivity index (χ3n) is 3.48. The number of fused-ring (bicyclic) bond motifs is 1. The fourth-order valence-corrected chi connectivity index (χ4v) is 3.52. The summed E-state index contributed by atoms with van der Waals surface area (Å²) in [5, 5.41) is 3.10. The second-order valence-corrected chi connectivity index (χ2v) is 6.70. The predicted molar refractivity (Wildman–Crippen MR) is 88.9 cm³/mol. The van der Waals surface area contributed by atoms with Gasteiger partial charge in [-0.15, -0.1) is 11.3 Å². The number of carbonyl (C=O) groups excluding carboxylic acids is 1. The highest BCUT2D eigenvalue weighted by Crippen LogP contribution is 2.25. The molecule has 5 heteroatoms. The van der Waals surface area contributed by atoms with Gasteiger partial charge in [-0.1, -0.05) is 29.3 Å². The fourth-order valence-electron chi connectivity index (χ4n) is 2.33. The summed E-state index contributed by atoms with van der Waals surface area (Å²) in [7, 11) is 0. The van der Waals surface area contributed by atoms with Crippen molar-refractivity contribution in [1.82, 2.24) is 4.90 Å². The highest BCUT2D eigenvalue weighted by atomic mass is 35.5. The number of benzene rings is 1. The van der Waals surface area contributed by atoms with Crippen LogP contribution in [0.4, 0.5) is 0 Å². The Labute approximate surface area is 137 Å². The highest BCUT2D eigenvalue weighted by molar-refractivity contribution is 7.10. The summed E-state index contributed by atoms with van der Waals surface area (Å²) in [6.07, 6.45) is 4.31. The first-order chi connectivity index (χ1) is 10.1. The molecule has 0 spiro atoms. The minimum atomic E-state index is 0.0259. The zero-order valence-electron chi connectivity index (χ0n) is 11.2. The summed E-state index contributed by atoms with van der Waals surface area (Å²) in [4.78, 5) is 15.5. The van der Waals surface area contributed by atoms with Crippen molar-refractivity contribution in [2.75, 3.05) is 6.54 Å². The molecule has 108 valence electrons. The van der Waals surface area contributed by atoms with Crippen molar-refractivity contribution < 1.29 is 4.79 Å². The average Bonchev–Trinajstić information content (AvgIpc) is 2.95. The number of amides is 1. The number of thiophene rings is 1. The van der Waals surface area contributed by atoms with Gasteiger partial charge in [0.25, 0.3) is 0 Å². The molecule has 0 unspecified atom stereocenters. The van der Waals surface area contributed by atoms with E-state index in [1.807, 2.05) is 11.0 Å². The molecule has 21 heavy (non-hydrogen) atoms. The second kappa shape index (κ2) is 6.22. The van der Waals surface area contributed by atoms with Crippen molar-refractivity contribution >= 4 is 46.5 Å². The molecule has 2 nitrogen and oxygen atoms in total. The summed E-state index contributed by atoms with van der Waals surface area (Å²) in [6, 6.07) is 7.42. The molecule has 0 atom stereocenters. The minimum Gasteiger partial charge on any atom is -0.334 e.